The van der Waals surface area contributed by atoms with E-state index in [1.165, 1.54) is 25.3 Å². The van der Waals surface area contributed by atoms with Crippen LogP contribution < -0.4 is 10.5 Å². The van der Waals surface area contributed by atoms with Crippen molar-refractivity contribution in [3.05, 3.63) is 62.3 Å². The minimum atomic E-state index is -4.67. The highest BCUT2D eigenvalue weighted by Crippen LogP contribution is 2.44. The molecule has 0 amide bonds. The number of hydrogen-bond acceptors (Lipinski definition) is 2. The minimum absolute atomic E-state index is 0.320. The molecule has 0 aliphatic heterocycles. The fourth-order valence-electron chi connectivity index (χ4n) is 3.43. The zero-order chi connectivity index (χ0) is 21.3. The van der Waals surface area contributed by atoms with E-state index in [-0.39, 0.29) is 0 Å². The number of alkyl halides is 3. The molecule has 0 bridgehead atoms. The van der Waals surface area contributed by atoms with Gasteiger partial charge in [0.2, 0.25) is 0 Å². The van der Waals surface area contributed by atoms with Crippen molar-refractivity contribution in [3.8, 4) is 5.75 Å². The molecule has 0 spiro atoms. The summed E-state index contributed by atoms with van der Waals surface area (Å²) >= 11 is 6.57. The number of hydrogen-bond donors (Lipinski definition) is 1. The molecule has 0 aromatic heterocycles. The average Bonchev–Trinajstić information content (AvgIpc) is 2.52. The molecule has 2 rings (SSSR count). The van der Waals surface area contributed by atoms with Gasteiger partial charge in [0.1, 0.15) is 17.1 Å². The molecule has 0 heterocycles. The molecule has 2 aromatic rings. The zero-order valence-electron chi connectivity index (χ0n) is 15.6. The van der Waals surface area contributed by atoms with Gasteiger partial charge in [0.15, 0.2) is 0 Å². The van der Waals surface area contributed by atoms with E-state index in [0.717, 1.165) is 0 Å². The normalized spacial score (nSPS) is 14.6. The molecule has 0 radical (unpaired) electrons. The Balaban J connectivity index is 2.47. The molecule has 1 atom stereocenters. The third-order valence-electron chi connectivity index (χ3n) is 4.65. The summed E-state index contributed by atoms with van der Waals surface area (Å²) in [6.45, 7) is 3.21. The number of nitrogens with two attached hydrogens (primary N) is 1. The zero-order valence-corrected chi connectivity index (χ0v) is 18.8. The average molecular weight is 527 g/mol. The lowest BCUT2D eigenvalue weighted by Crippen LogP contribution is -2.58. The van der Waals surface area contributed by atoms with Crippen molar-refractivity contribution in [2.75, 3.05) is 7.11 Å². The smallest absolute Gasteiger partial charge is 0.406 e. The summed E-state index contributed by atoms with van der Waals surface area (Å²) in [5.41, 5.74) is 3.12. The molecule has 8 heteroatoms. The van der Waals surface area contributed by atoms with E-state index in [1.54, 1.807) is 32.0 Å². The summed E-state index contributed by atoms with van der Waals surface area (Å²) in [5.74, 6) is -0.226. The summed E-state index contributed by atoms with van der Waals surface area (Å²) in [7, 11) is 1.39. The van der Waals surface area contributed by atoms with Crippen LogP contribution in [0.5, 0.6) is 5.75 Å². The van der Waals surface area contributed by atoms with Crippen molar-refractivity contribution in [3.63, 3.8) is 0 Å². The molecule has 2 N–H and O–H groups in total. The van der Waals surface area contributed by atoms with E-state index in [9.17, 15) is 17.6 Å². The Morgan fingerprint density at radius 1 is 1.00 bits per heavy atom. The van der Waals surface area contributed by atoms with Gasteiger partial charge in [-0.15, -0.1) is 0 Å². The first-order chi connectivity index (χ1) is 12.8. The lowest BCUT2D eigenvalue weighted by atomic mass is 9.71. The van der Waals surface area contributed by atoms with Crippen LogP contribution in [0.2, 0.25) is 0 Å². The van der Waals surface area contributed by atoms with Crippen LogP contribution in [0.15, 0.2) is 45.3 Å². The highest BCUT2D eigenvalue weighted by molar-refractivity contribution is 9.11. The van der Waals surface area contributed by atoms with Gasteiger partial charge >= 0.3 is 6.18 Å². The van der Waals surface area contributed by atoms with Crippen LogP contribution >= 0.6 is 31.9 Å². The maximum absolute atomic E-state index is 14.0. The Morgan fingerprint density at radius 2 is 1.57 bits per heavy atom. The predicted octanol–water partition coefficient (Wildman–Crippen LogP) is 6.53. The van der Waals surface area contributed by atoms with E-state index in [2.05, 4.69) is 31.9 Å². The molecule has 0 aliphatic carbocycles. The highest BCUT2D eigenvalue weighted by Gasteiger charge is 2.54. The van der Waals surface area contributed by atoms with E-state index < -0.39 is 35.8 Å². The molecule has 0 fully saturated rings. The fraction of sp³-hybridized carbons (Fsp3) is 0.400. The lowest BCUT2D eigenvalue weighted by molar-refractivity contribution is -0.191. The Hall–Kier alpha value is -1.12. The monoisotopic (exact) mass is 525 g/mol. The summed E-state index contributed by atoms with van der Waals surface area (Å²) in [6, 6.07) is 8.75. The van der Waals surface area contributed by atoms with Gasteiger partial charge < -0.3 is 10.5 Å². The number of methoxy groups -OCH3 is 1. The second-order valence-corrected chi connectivity index (χ2v) is 9.34. The van der Waals surface area contributed by atoms with E-state index in [1.807, 2.05) is 0 Å². The largest absolute Gasteiger partial charge is 0.496 e. The first-order valence-corrected chi connectivity index (χ1v) is 10.0. The van der Waals surface area contributed by atoms with Crippen molar-refractivity contribution >= 4 is 31.9 Å². The number of halogens is 6. The summed E-state index contributed by atoms with van der Waals surface area (Å²) in [4.78, 5) is 0. The third-order valence-corrected chi connectivity index (χ3v) is 5.57. The van der Waals surface area contributed by atoms with Gasteiger partial charge in [-0.1, -0.05) is 45.7 Å². The van der Waals surface area contributed by atoms with Gasteiger partial charge in [-0.3, -0.25) is 0 Å². The quantitative estimate of drug-likeness (QED) is 0.434. The Labute approximate surface area is 178 Å². The molecule has 0 saturated heterocycles. The molecule has 2 aromatic carbocycles. The second kappa shape index (κ2) is 8.32. The van der Waals surface area contributed by atoms with Gasteiger partial charge in [-0.2, -0.15) is 13.2 Å². The topological polar surface area (TPSA) is 35.2 Å². The molecule has 154 valence electrons. The Bertz CT molecular complexity index is 834. The van der Waals surface area contributed by atoms with Crippen LogP contribution in [-0.2, 0) is 11.8 Å². The van der Waals surface area contributed by atoms with Crippen LogP contribution in [0.3, 0.4) is 0 Å². The Morgan fingerprint density at radius 3 is 2.07 bits per heavy atom. The van der Waals surface area contributed by atoms with Crippen molar-refractivity contribution in [2.45, 2.75) is 43.8 Å². The summed E-state index contributed by atoms with van der Waals surface area (Å²) in [5, 5.41) is 0. The number of rotatable bonds is 6. The van der Waals surface area contributed by atoms with Crippen LogP contribution in [0.4, 0.5) is 17.6 Å². The third kappa shape index (κ3) is 5.27. The van der Waals surface area contributed by atoms with Crippen molar-refractivity contribution in [2.24, 2.45) is 5.73 Å². The van der Waals surface area contributed by atoms with Crippen molar-refractivity contribution in [1.29, 1.82) is 0 Å². The van der Waals surface area contributed by atoms with Crippen LogP contribution in [-0.4, -0.2) is 18.8 Å². The number of benzene rings is 2. The highest BCUT2D eigenvalue weighted by atomic mass is 79.9. The summed E-state index contributed by atoms with van der Waals surface area (Å²) < 4.78 is 62.5. The van der Waals surface area contributed by atoms with Crippen LogP contribution in [0.25, 0.3) is 0 Å². The molecule has 28 heavy (non-hydrogen) atoms. The molecular weight excluding hydrogens is 506 g/mol. The van der Waals surface area contributed by atoms with E-state index in [0.29, 0.717) is 25.8 Å². The molecule has 1 unspecified atom stereocenters. The maximum atomic E-state index is 14.0. The van der Waals surface area contributed by atoms with Crippen molar-refractivity contribution < 1.29 is 22.3 Å². The molecule has 0 aliphatic rings. The lowest BCUT2D eigenvalue weighted by Gasteiger charge is -2.39. The van der Waals surface area contributed by atoms with Crippen molar-refractivity contribution in [1.82, 2.24) is 0 Å². The number of ether oxygens (including phenoxy) is 1. The SMILES string of the molecule is COc1ccc(F)cc1C(C)(C)CC(N)(Cc1cc(Br)cc(Br)c1)C(F)(F)F. The Kier molecular flexibility index (Phi) is 6.88. The van der Waals surface area contributed by atoms with Gasteiger partial charge in [0.05, 0.1) is 7.11 Å². The molecular formula is C20H21Br2F4NO. The molecule has 0 saturated carbocycles. The first-order valence-electron chi connectivity index (χ1n) is 8.42. The van der Waals surface area contributed by atoms with Gasteiger partial charge in [-0.05, 0) is 60.2 Å². The fourth-order valence-corrected chi connectivity index (χ4v) is 4.82. The maximum Gasteiger partial charge on any atom is 0.406 e. The standard InChI is InChI=1S/C20H21Br2F4NO/c1-18(2,16-9-15(23)4-5-17(16)28-3)11-19(27,20(24,25)26)10-12-6-13(21)8-14(22)7-12/h4-9H,10-11,27H2,1-3H3. The van der Waals surface area contributed by atoms with Gasteiger partial charge in [0.25, 0.3) is 0 Å². The predicted molar refractivity (Wildman–Crippen MR) is 109 cm³/mol. The van der Waals surface area contributed by atoms with E-state index >= 15 is 0 Å². The van der Waals surface area contributed by atoms with Gasteiger partial charge in [0, 0.05) is 14.5 Å². The first kappa shape index (κ1) is 23.2. The van der Waals surface area contributed by atoms with Gasteiger partial charge in [-0.25, -0.2) is 4.39 Å². The summed E-state index contributed by atoms with van der Waals surface area (Å²) in [6.07, 6.45) is -5.54. The van der Waals surface area contributed by atoms with E-state index in [4.69, 9.17) is 10.5 Å². The minimum Gasteiger partial charge on any atom is -0.496 e. The van der Waals surface area contributed by atoms with Crippen LogP contribution in [0.1, 0.15) is 31.4 Å². The second-order valence-electron chi connectivity index (χ2n) is 7.51. The molecule has 2 nitrogen and oxygen atoms in total. The van der Waals surface area contributed by atoms with Crippen LogP contribution in [0, 0.1) is 5.82 Å².